The second-order valence-corrected chi connectivity index (χ2v) is 3.92. The lowest BCUT2D eigenvalue weighted by molar-refractivity contribution is 0.586. The topological polar surface area (TPSA) is 83.8 Å². The number of aromatic nitrogens is 2. The van der Waals surface area contributed by atoms with E-state index in [4.69, 9.17) is 5.73 Å². The summed E-state index contributed by atoms with van der Waals surface area (Å²) >= 11 is 0. The Morgan fingerprint density at radius 2 is 2.23 bits per heavy atom. The maximum Gasteiger partial charge on any atom is 0.348 e. The number of hydrogen-bond donors (Lipinski definition) is 3. The van der Waals surface area contributed by atoms with Crippen molar-refractivity contribution >= 4 is 11.6 Å². The highest BCUT2D eigenvalue weighted by Gasteiger charge is 2.33. The Bertz CT molecular complexity index is 407. The van der Waals surface area contributed by atoms with E-state index >= 15 is 0 Å². The molecule has 1 aliphatic rings. The SMILES string of the molecule is CC1(C)CNc2nc(=O)[nH]c(N)c21. The Kier molecular flexibility index (Phi) is 1.40. The van der Waals surface area contributed by atoms with E-state index in [-0.39, 0.29) is 5.41 Å². The van der Waals surface area contributed by atoms with E-state index in [1.54, 1.807) is 0 Å². The smallest absolute Gasteiger partial charge is 0.348 e. The fourth-order valence-corrected chi connectivity index (χ4v) is 1.70. The van der Waals surface area contributed by atoms with Crippen molar-refractivity contribution in [1.82, 2.24) is 9.97 Å². The third kappa shape index (κ3) is 1.07. The van der Waals surface area contributed by atoms with E-state index in [9.17, 15) is 4.79 Å². The zero-order valence-electron chi connectivity index (χ0n) is 7.64. The van der Waals surface area contributed by atoms with Gasteiger partial charge in [-0.05, 0) is 0 Å². The van der Waals surface area contributed by atoms with Crippen molar-refractivity contribution in [3.8, 4) is 0 Å². The van der Waals surface area contributed by atoms with Crippen LogP contribution in [-0.4, -0.2) is 16.5 Å². The molecule has 13 heavy (non-hydrogen) atoms. The van der Waals surface area contributed by atoms with Crippen molar-refractivity contribution in [3.63, 3.8) is 0 Å². The number of H-pyrrole nitrogens is 1. The zero-order valence-corrected chi connectivity index (χ0v) is 7.64. The summed E-state index contributed by atoms with van der Waals surface area (Å²) in [5.41, 5.74) is 6.16. The average Bonchev–Trinajstić information content (AvgIpc) is 2.26. The summed E-state index contributed by atoms with van der Waals surface area (Å²) < 4.78 is 0. The van der Waals surface area contributed by atoms with Crippen LogP contribution in [0.15, 0.2) is 4.79 Å². The summed E-state index contributed by atoms with van der Waals surface area (Å²) in [7, 11) is 0. The number of nitrogens with two attached hydrogens (primary N) is 1. The molecule has 0 saturated heterocycles. The van der Waals surface area contributed by atoms with Gasteiger partial charge in [0.25, 0.3) is 0 Å². The van der Waals surface area contributed by atoms with Gasteiger partial charge in [0.1, 0.15) is 11.6 Å². The molecule has 0 atom stereocenters. The molecule has 5 nitrogen and oxygen atoms in total. The summed E-state index contributed by atoms with van der Waals surface area (Å²) in [6, 6.07) is 0. The lowest BCUT2D eigenvalue weighted by atomic mass is 9.88. The number of nitrogen functional groups attached to an aromatic ring is 1. The molecule has 2 heterocycles. The molecule has 1 aromatic rings. The van der Waals surface area contributed by atoms with Crippen LogP contribution < -0.4 is 16.7 Å². The number of aromatic amines is 1. The minimum Gasteiger partial charge on any atom is -0.385 e. The molecule has 0 saturated carbocycles. The molecule has 0 fully saturated rings. The second-order valence-electron chi connectivity index (χ2n) is 3.92. The van der Waals surface area contributed by atoms with Crippen LogP contribution in [0.5, 0.6) is 0 Å². The Morgan fingerprint density at radius 3 is 2.92 bits per heavy atom. The molecule has 5 heteroatoms. The van der Waals surface area contributed by atoms with Gasteiger partial charge in [-0.15, -0.1) is 0 Å². The molecule has 4 N–H and O–H groups in total. The Hall–Kier alpha value is -1.52. The first-order chi connectivity index (χ1) is 6.00. The van der Waals surface area contributed by atoms with E-state index in [0.29, 0.717) is 11.6 Å². The number of anilines is 2. The second kappa shape index (κ2) is 2.25. The molecule has 1 aromatic heterocycles. The first kappa shape index (κ1) is 8.10. The molecule has 0 unspecified atom stereocenters. The monoisotopic (exact) mass is 180 g/mol. The third-order valence-corrected chi connectivity index (χ3v) is 2.34. The largest absolute Gasteiger partial charge is 0.385 e. The molecular weight excluding hydrogens is 168 g/mol. The minimum absolute atomic E-state index is 0.0589. The number of nitrogens with one attached hydrogen (secondary N) is 2. The van der Waals surface area contributed by atoms with Crippen LogP contribution in [0.3, 0.4) is 0 Å². The lowest BCUT2D eigenvalue weighted by Crippen LogP contribution is -2.22. The van der Waals surface area contributed by atoms with Crippen LogP contribution in [0.4, 0.5) is 11.6 Å². The average molecular weight is 180 g/mol. The van der Waals surface area contributed by atoms with E-state index in [0.717, 1.165) is 12.1 Å². The van der Waals surface area contributed by atoms with Crippen molar-refractivity contribution in [2.24, 2.45) is 0 Å². The van der Waals surface area contributed by atoms with Gasteiger partial charge in [-0.2, -0.15) is 4.98 Å². The fourth-order valence-electron chi connectivity index (χ4n) is 1.70. The molecule has 0 spiro atoms. The van der Waals surface area contributed by atoms with Crippen LogP contribution in [0.25, 0.3) is 0 Å². The number of hydrogen-bond acceptors (Lipinski definition) is 4. The summed E-state index contributed by atoms with van der Waals surface area (Å²) in [4.78, 5) is 17.3. The van der Waals surface area contributed by atoms with Gasteiger partial charge < -0.3 is 11.1 Å². The first-order valence-corrected chi connectivity index (χ1v) is 4.15. The predicted octanol–water partition coefficient (Wildman–Crippen LogP) is 0.0552. The maximum atomic E-state index is 11.0. The van der Waals surface area contributed by atoms with Gasteiger partial charge in [0.2, 0.25) is 0 Å². The van der Waals surface area contributed by atoms with Gasteiger partial charge in [-0.3, -0.25) is 4.98 Å². The molecular formula is C8H12N4O. The van der Waals surface area contributed by atoms with Crippen LogP contribution >= 0.6 is 0 Å². The van der Waals surface area contributed by atoms with E-state index in [2.05, 4.69) is 29.1 Å². The van der Waals surface area contributed by atoms with Gasteiger partial charge in [0, 0.05) is 17.5 Å². The van der Waals surface area contributed by atoms with Crippen LogP contribution in [0, 0.1) is 0 Å². The minimum atomic E-state index is -0.401. The molecule has 0 radical (unpaired) electrons. The number of fused-ring (bicyclic) bond motifs is 1. The molecule has 0 amide bonds. The highest BCUT2D eigenvalue weighted by Crippen LogP contribution is 2.36. The fraction of sp³-hybridized carbons (Fsp3) is 0.500. The summed E-state index contributed by atoms with van der Waals surface area (Å²) in [6.45, 7) is 4.88. The number of rotatable bonds is 0. The van der Waals surface area contributed by atoms with Gasteiger partial charge in [-0.25, -0.2) is 4.79 Å². The quantitative estimate of drug-likeness (QED) is 0.527. The lowest BCUT2D eigenvalue weighted by Gasteiger charge is -2.17. The molecule has 0 bridgehead atoms. The summed E-state index contributed by atoms with van der Waals surface area (Å²) in [5.74, 6) is 1.04. The van der Waals surface area contributed by atoms with Crippen molar-refractivity contribution in [2.45, 2.75) is 19.3 Å². The van der Waals surface area contributed by atoms with E-state index in [1.165, 1.54) is 0 Å². The normalized spacial score (nSPS) is 18.0. The van der Waals surface area contributed by atoms with E-state index in [1.807, 2.05) is 0 Å². The third-order valence-electron chi connectivity index (χ3n) is 2.34. The molecule has 70 valence electrons. The molecule has 0 aliphatic carbocycles. The van der Waals surface area contributed by atoms with Gasteiger partial charge in [0.05, 0.1) is 0 Å². The molecule has 2 rings (SSSR count). The van der Waals surface area contributed by atoms with Crippen molar-refractivity contribution in [3.05, 3.63) is 16.0 Å². The first-order valence-electron chi connectivity index (χ1n) is 4.15. The van der Waals surface area contributed by atoms with Crippen LogP contribution in [0.2, 0.25) is 0 Å². The Balaban J connectivity index is 2.72. The van der Waals surface area contributed by atoms with Crippen molar-refractivity contribution < 1.29 is 0 Å². The molecule has 1 aliphatic heterocycles. The van der Waals surface area contributed by atoms with Gasteiger partial charge in [0.15, 0.2) is 0 Å². The Labute approximate surface area is 75.4 Å². The highest BCUT2D eigenvalue weighted by molar-refractivity contribution is 5.63. The van der Waals surface area contributed by atoms with Crippen molar-refractivity contribution in [2.75, 3.05) is 17.6 Å². The van der Waals surface area contributed by atoms with Gasteiger partial charge in [-0.1, -0.05) is 13.8 Å². The maximum absolute atomic E-state index is 11.0. The van der Waals surface area contributed by atoms with E-state index < -0.39 is 5.69 Å². The number of nitrogens with zero attached hydrogens (tertiary/aromatic N) is 1. The van der Waals surface area contributed by atoms with Crippen LogP contribution in [-0.2, 0) is 5.41 Å². The molecule has 0 aromatic carbocycles. The van der Waals surface area contributed by atoms with Crippen LogP contribution in [0.1, 0.15) is 19.4 Å². The van der Waals surface area contributed by atoms with Gasteiger partial charge >= 0.3 is 5.69 Å². The predicted molar refractivity (Wildman–Crippen MR) is 50.8 cm³/mol. The highest BCUT2D eigenvalue weighted by atomic mass is 16.1. The van der Waals surface area contributed by atoms with Crippen molar-refractivity contribution in [1.29, 1.82) is 0 Å². The summed E-state index contributed by atoms with van der Waals surface area (Å²) in [6.07, 6.45) is 0. The summed E-state index contributed by atoms with van der Waals surface area (Å²) in [5, 5.41) is 3.06. The Morgan fingerprint density at radius 1 is 1.54 bits per heavy atom. The standard InChI is InChI=1S/C8H12N4O/c1-8(2)3-10-6-4(8)5(9)11-7(13)12-6/h3H2,1-2H3,(H4,9,10,11,12,13). The zero-order chi connectivity index (χ0) is 9.64.